The van der Waals surface area contributed by atoms with Crippen molar-refractivity contribution < 1.29 is 22.0 Å². The van der Waals surface area contributed by atoms with Crippen LogP contribution in [0.3, 0.4) is 0 Å². The number of nitrogens with one attached hydrogen (secondary N) is 2. The number of benzene rings is 2. The van der Waals surface area contributed by atoms with Crippen LogP contribution in [0.15, 0.2) is 36.4 Å². The lowest BCUT2D eigenvalue weighted by atomic mass is 9.83. The molecule has 0 bridgehead atoms. The van der Waals surface area contributed by atoms with Crippen molar-refractivity contribution in [2.75, 3.05) is 11.0 Å². The quantitative estimate of drug-likeness (QED) is 0.646. The maximum Gasteiger partial charge on any atom is 0.229 e. The molecule has 0 aromatic heterocycles. The molecule has 2 unspecified atom stereocenters. The van der Waals surface area contributed by atoms with Gasteiger partial charge in [0.15, 0.2) is 0 Å². The van der Waals surface area contributed by atoms with Gasteiger partial charge in [0.2, 0.25) is 15.9 Å². The zero-order valence-corrected chi connectivity index (χ0v) is 20.0. The largest absolute Gasteiger partial charge is 0.349 e. The Kier molecular flexibility index (Phi) is 6.15. The molecule has 3 rings (SSSR count). The number of hydrogen-bond donors (Lipinski definition) is 2. The number of anilines is 1. The first-order chi connectivity index (χ1) is 14.6. The monoisotopic (exact) mass is 464 g/mol. The van der Waals surface area contributed by atoms with Crippen LogP contribution < -0.4 is 10.0 Å². The van der Waals surface area contributed by atoms with Crippen LogP contribution in [-0.2, 0) is 25.6 Å². The van der Waals surface area contributed by atoms with Gasteiger partial charge in [-0.3, -0.25) is 9.52 Å². The van der Waals surface area contributed by atoms with Crippen LogP contribution in [0.1, 0.15) is 63.8 Å². The van der Waals surface area contributed by atoms with Gasteiger partial charge in [-0.05, 0) is 54.2 Å². The van der Waals surface area contributed by atoms with Crippen LogP contribution in [0.5, 0.6) is 0 Å². The molecule has 0 radical (unpaired) electrons. The molecule has 3 atom stereocenters. The second-order valence-electron chi connectivity index (χ2n) is 9.97. The molecule has 0 heterocycles. The second-order valence-corrected chi connectivity index (χ2v) is 11.7. The van der Waals surface area contributed by atoms with E-state index in [-0.39, 0.29) is 23.4 Å². The number of hydrogen-bond acceptors (Lipinski definition) is 3. The van der Waals surface area contributed by atoms with E-state index in [1.807, 2.05) is 13.8 Å². The highest BCUT2D eigenvalue weighted by Gasteiger charge is 2.56. The van der Waals surface area contributed by atoms with E-state index in [0.29, 0.717) is 17.7 Å². The van der Waals surface area contributed by atoms with Crippen molar-refractivity contribution in [2.24, 2.45) is 5.92 Å². The van der Waals surface area contributed by atoms with Crippen LogP contribution >= 0.6 is 0 Å². The van der Waals surface area contributed by atoms with Crippen LogP contribution in [0.2, 0.25) is 0 Å². The fourth-order valence-electron chi connectivity index (χ4n) is 4.14. The molecule has 2 aromatic carbocycles. The lowest BCUT2D eigenvalue weighted by Crippen LogP contribution is -2.30. The zero-order valence-electron chi connectivity index (χ0n) is 19.2. The highest BCUT2D eigenvalue weighted by atomic mass is 32.2. The van der Waals surface area contributed by atoms with Crippen molar-refractivity contribution in [3.8, 4) is 0 Å². The molecule has 0 saturated heterocycles. The second kappa shape index (κ2) is 8.14. The highest BCUT2D eigenvalue weighted by Crippen LogP contribution is 2.54. The van der Waals surface area contributed by atoms with E-state index >= 15 is 0 Å². The number of sulfonamides is 1. The van der Waals surface area contributed by atoms with Crippen molar-refractivity contribution >= 4 is 21.6 Å². The van der Waals surface area contributed by atoms with E-state index in [0.717, 1.165) is 11.8 Å². The molecule has 2 aromatic rings. The minimum Gasteiger partial charge on any atom is -0.349 e. The predicted molar refractivity (Wildman–Crippen MR) is 122 cm³/mol. The standard InChI is InChI=1S/C24H30F2N2O3S/c1-14(15-7-9-17(10-8-15)28-32(6,30)31)27-22(29)18-13-24(18,5)16-11-19(25)21(20(26)12-16)23(2,3)4/h7-12,14,18,28H,13H2,1-6H3,(H,27,29)/t14-,18?,24?/m1/s1. The summed E-state index contributed by atoms with van der Waals surface area (Å²) >= 11 is 0. The first-order valence-corrected chi connectivity index (χ1v) is 12.4. The molecule has 1 amide bonds. The van der Waals surface area contributed by atoms with Crippen LogP contribution in [0.25, 0.3) is 0 Å². The minimum absolute atomic E-state index is 0.0499. The van der Waals surface area contributed by atoms with E-state index in [9.17, 15) is 22.0 Å². The Labute approximate surface area is 188 Å². The molecule has 32 heavy (non-hydrogen) atoms. The average Bonchev–Trinajstić information content (AvgIpc) is 3.32. The summed E-state index contributed by atoms with van der Waals surface area (Å²) in [6.07, 6.45) is 1.58. The minimum atomic E-state index is -3.36. The Bertz CT molecular complexity index is 1120. The summed E-state index contributed by atoms with van der Waals surface area (Å²) in [4.78, 5) is 12.8. The van der Waals surface area contributed by atoms with Crippen molar-refractivity contribution in [1.29, 1.82) is 0 Å². The number of carbonyl (C=O) groups excluding carboxylic acids is 1. The molecule has 0 aliphatic heterocycles. The summed E-state index contributed by atoms with van der Waals surface area (Å²) in [5, 5.41) is 2.95. The summed E-state index contributed by atoms with van der Waals surface area (Å²) < 4.78 is 54.4. The Morgan fingerprint density at radius 1 is 1.12 bits per heavy atom. The average molecular weight is 465 g/mol. The maximum atomic E-state index is 14.7. The zero-order chi connectivity index (χ0) is 24.1. The van der Waals surface area contributed by atoms with Gasteiger partial charge >= 0.3 is 0 Å². The molecule has 1 fully saturated rings. The van der Waals surface area contributed by atoms with Gasteiger partial charge in [0.1, 0.15) is 11.6 Å². The molecular formula is C24H30F2N2O3S. The predicted octanol–water partition coefficient (Wildman–Crippen LogP) is 4.79. The Hall–Kier alpha value is -2.48. The molecule has 8 heteroatoms. The smallest absolute Gasteiger partial charge is 0.229 e. The van der Waals surface area contributed by atoms with E-state index < -0.39 is 32.5 Å². The summed E-state index contributed by atoms with van der Waals surface area (Å²) in [6.45, 7) is 8.95. The van der Waals surface area contributed by atoms with Gasteiger partial charge in [0.05, 0.1) is 12.3 Å². The van der Waals surface area contributed by atoms with Crippen molar-refractivity contribution in [3.63, 3.8) is 0 Å². The van der Waals surface area contributed by atoms with Gasteiger partial charge in [-0.15, -0.1) is 0 Å². The number of amides is 1. The first-order valence-electron chi connectivity index (χ1n) is 10.5. The summed E-state index contributed by atoms with van der Waals surface area (Å²) in [5.41, 5.74) is 0.512. The molecule has 174 valence electrons. The van der Waals surface area contributed by atoms with Crippen molar-refractivity contribution in [2.45, 2.75) is 57.9 Å². The molecule has 0 spiro atoms. The van der Waals surface area contributed by atoms with Gasteiger partial charge in [-0.2, -0.15) is 0 Å². The normalized spacial score (nSPS) is 21.7. The van der Waals surface area contributed by atoms with E-state index in [4.69, 9.17) is 0 Å². The summed E-state index contributed by atoms with van der Waals surface area (Å²) in [5.74, 6) is -1.73. The fraction of sp³-hybridized carbons (Fsp3) is 0.458. The number of halogens is 2. The number of rotatable bonds is 6. The van der Waals surface area contributed by atoms with Gasteiger partial charge in [0.25, 0.3) is 0 Å². The Morgan fingerprint density at radius 3 is 2.12 bits per heavy atom. The Balaban J connectivity index is 1.70. The molecule has 5 nitrogen and oxygen atoms in total. The Morgan fingerprint density at radius 2 is 1.66 bits per heavy atom. The maximum absolute atomic E-state index is 14.7. The van der Waals surface area contributed by atoms with Gasteiger partial charge in [-0.25, -0.2) is 17.2 Å². The van der Waals surface area contributed by atoms with Crippen molar-refractivity contribution in [1.82, 2.24) is 5.32 Å². The topological polar surface area (TPSA) is 75.3 Å². The highest BCUT2D eigenvalue weighted by molar-refractivity contribution is 7.92. The summed E-state index contributed by atoms with van der Waals surface area (Å²) in [7, 11) is -3.36. The van der Waals surface area contributed by atoms with Crippen LogP contribution in [0, 0.1) is 17.6 Å². The molecule has 2 N–H and O–H groups in total. The lowest BCUT2D eigenvalue weighted by Gasteiger charge is -2.23. The first kappa shape index (κ1) is 24.2. The van der Waals surface area contributed by atoms with E-state index in [1.165, 1.54) is 12.1 Å². The molecular weight excluding hydrogens is 434 g/mol. The third-order valence-corrected chi connectivity index (χ3v) is 6.68. The van der Waals surface area contributed by atoms with Gasteiger partial charge in [-0.1, -0.05) is 39.8 Å². The molecule has 1 aliphatic carbocycles. The third kappa shape index (κ3) is 5.11. The van der Waals surface area contributed by atoms with Crippen LogP contribution in [-0.4, -0.2) is 20.6 Å². The summed E-state index contributed by atoms with van der Waals surface area (Å²) in [6, 6.07) is 9.13. The molecule has 1 saturated carbocycles. The van der Waals surface area contributed by atoms with Crippen LogP contribution in [0.4, 0.5) is 14.5 Å². The lowest BCUT2D eigenvalue weighted by molar-refractivity contribution is -0.123. The van der Waals surface area contributed by atoms with Crippen molar-refractivity contribution in [3.05, 3.63) is 64.7 Å². The fourth-order valence-corrected chi connectivity index (χ4v) is 4.70. The SMILES string of the molecule is C[C@@H](NC(=O)C1CC1(C)c1cc(F)c(C(C)(C)C)c(F)c1)c1ccc(NS(C)(=O)=O)cc1. The van der Waals surface area contributed by atoms with Gasteiger partial charge in [0, 0.05) is 22.6 Å². The molecule has 1 aliphatic rings. The van der Waals surface area contributed by atoms with Gasteiger partial charge < -0.3 is 5.32 Å². The third-order valence-electron chi connectivity index (χ3n) is 6.08. The van der Waals surface area contributed by atoms with E-state index in [1.54, 1.807) is 45.0 Å². The van der Waals surface area contributed by atoms with E-state index in [2.05, 4.69) is 10.0 Å². The number of carbonyl (C=O) groups is 1.